The van der Waals surface area contributed by atoms with Crippen LogP contribution >= 0.6 is 0 Å². The molecule has 7 heteroatoms. The molecule has 1 fully saturated rings. The second-order valence-corrected chi connectivity index (χ2v) is 10.3. The Balaban J connectivity index is 1.08. The second-order valence-electron chi connectivity index (χ2n) is 10.3. The molecule has 40 heavy (non-hydrogen) atoms. The van der Waals surface area contributed by atoms with E-state index in [4.69, 9.17) is 10.2 Å². The molecule has 3 aromatic carbocycles. The van der Waals surface area contributed by atoms with Gasteiger partial charge in [0.15, 0.2) is 5.76 Å². The van der Waals surface area contributed by atoms with Gasteiger partial charge < -0.3 is 19.6 Å². The summed E-state index contributed by atoms with van der Waals surface area (Å²) in [5.41, 5.74) is 11.4. The topological polar surface area (TPSA) is 91.4 Å². The fourth-order valence-corrected chi connectivity index (χ4v) is 5.48. The molecule has 0 atom stereocenters. The number of hydrogen-bond donors (Lipinski definition) is 1. The Morgan fingerprint density at radius 2 is 1.82 bits per heavy atom. The van der Waals surface area contributed by atoms with Gasteiger partial charge in [-0.05, 0) is 60.0 Å². The van der Waals surface area contributed by atoms with Crippen LogP contribution in [0.15, 0.2) is 89.5 Å². The standard InChI is InChI=1S/C33H31N5O2/c34-21-25-9-11-30-29(18-25)26(23-38(30)22-24-6-2-1-3-7-24)8-4-5-13-36-14-16-37(17-15-36)28-10-12-31-27(19-28)20-32(40-31)33(35)39/h1-4,6-12,18-20,23H,5,13-17,22H2,(H2,35,39). The lowest BCUT2D eigenvalue weighted by Gasteiger charge is -2.36. The van der Waals surface area contributed by atoms with E-state index in [-0.39, 0.29) is 5.76 Å². The van der Waals surface area contributed by atoms with Gasteiger partial charge >= 0.3 is 0 Å². The molecular weight excluding hydrogens is 498 g/mol. The molecule has 0 saturated carbocycles. The van der Waals surface area contributed by atoms with Crippen LogP contribution < -0.4 is 10.6 Å². The zero-order chi connectivity index (χ0) is 27.5. The van der Waals surface area contributed by atoms with Crippen molar-refractivity contribution in [2.24, 2.45) is 5.73 Å². The van der Waals surface area contributed by atoms with Crippen LogP contribution in [-0.4, -0.2) is 48.1 Å². The van der Waals surface area contributed by atoms with Crippen LogP contribution in [0.1, 0.15) is 33.7 Å². The Bertz CT molecular complexity index is 1730. The molecule has 7 nitrogen and oxygen atoms in total. The zero-order valence-electron chi connectivity index (χ0n) is 22.3. The first kappa shape index (κ1) is 25.5. The minimum Gasteiger partial charge on any atom is -0.451 e. The molecule has 1 saturated heterocycles. The number of amides is 1. The Hall–Kier alpha value is -4.80. The maximum Gasteiger partial charge on any atom is 0.284 e. The Labute approximate surface area is 233 Å². The van der Waals surface area contributed by atoms with Crippen molar-refractivity contribution >= 4 is 39.5 Å². The number of furan rings is 1. The van der Waals surface area contributed by atoms with Gasteiger partial charge in [0.1, 0.15) is 5.58 Å². The third kappa shape index (κ3) is 5.35. The number of nitrogens with two attached hydrogens (primary N) is 1. The van der Waals surface area contributed by atoms with Gasteiger partial charge in [0.05, 0.1) is 11.6 Å². The lowest BCUT2D eigenvalue weighted by molar-refractivity contribution is 0.0976. The smallest absolute Gasteiger partial charge is 0.284 e. The van der Waals surface area contributed by atoms with E-state index in [2.05, 4.69) is 75.2 Å². The summed E-state index contributed by atoms with van der Waals surface area (Å²) >= 11 is 0. The number of aromatic nitrogens is 1. The van der Waals surface area contributed by atoms with Crippen LogP contribution in [-0.2, 0) is 6.54 Å². The minimum absolute atomic E-state index is 0.191. The number of benzene rings is 3. The largest absolute Gasteiger partial charge is 0.451 e. The van der Waals surface area contributed by atoms with Crippen LogP contribution in [0.3, 0.4) is 0 Å². The molecule has 1 amide bonds. The first-order valence-corrected chi connectivity index (χ1v) is 13.6. The molecule has 6 rings (SSSR count). The molecule has 3 heterocycles. The number of carbonyl (C=O) groups excluding carboxylic acids is 1. The average Bonchev–Trinajstić information content (AvgIpc) is 3.57. The van der Waals surface area contributed by atoms with Crippen LogP contribution in [0.5, 0.6) is 0 Å². The summed E-state index contributed by atoms with van der Waals surface area (Å²) in [6.07, 6.45) is 7.59. The van der Waals surface area contributed by atoms with Crippen molar-refractivity contribution in [3.63, 3.8) is 0 Å². The van der Waals surface area contributed by atoms with Crippen LogP contribution in [0, 0.1) is 11.3 Å². The van der Waals surface area contributed by atoms with Crippen molar-refractivity contribution in [1.29, 1.82) is 5.26 Å². The van der Waals surface area contributed by atoms with E-state index in [9.17, 15) is 10.1 Å². The fraction of sp³-hybridized carbons (Fsp3) is 0.212. The maximum absolute atomic E-state index is 11.4. The highest BCUT2D eigenvalue weighted by atomic mass is 16.3. The molecule has 0 bridgehead atoms. The highest BCUT2D eigenvalue weighted by Crippen LogP contribution is 2.27. The molecule has 2 aromatic heterocycles. The zero-order valence-corrected chi connectivity index (χ0v) is 22.3. The number of nitrogens with zero attached hydrogens (tertiary/aromatic N) is 4. The van der Waals surface area contributed by atoms with Crippen molar-refractivity contribution in [2.45, 2.75) is 13.0 Å². The predicted molar refractivity (Wildman–Crippen MR) is 159 cm³/mol. The van der Waals surface area contributed by atoms with Crippen LogP contribution in [0.4, 0.5) is 5.69 Å². The number of rotatable bonds is 8. The van der Waals surface area contributed by atoms with E-state index in [0.717, 1.165) is 73.2 Å². The molecule has 1 aliphatic rings. The summed E-state index contributed by atoms with van der Waals surface area (Å²) in [6, 6.07) is 26.4. The van der Waals surface area contributed by atoms with Crippen molar-refractivity contribution in [2.75, 3.05) is 37.6 Å². The lowest BCUT2D eigenvalue weighted by atomic mass is 10.1. The second kappa shape index (κ2) is 11.1. The Kier molecular flexibility index (Phi) is 7.09. The molecular formula is C33H31N5O2. The predicted octanol–water partition coefficient (Wildman–Crippen LogP) is 5.63. The van der Waals surface area contributed by atoms with Gasteiger partial charge in [-0.1, -0.05) is 42.5 Å². The van der Waals surface area contributed by atoms with E-state index in [0.29, 0.717) is 11.1 Å². The molecule has 2 N–H and O–H groups in total. The number of piperazine rings is 1. The van der Waals surface area contributed by atoms with Gasteiger partial charge in [-0.2, -0.15) is 5.26 Å². The minimum atomic E-state index is -0.551. The monoisotopic (exact) mass is 529 g/mol. The van der Waals surface area contributed by atoms with Crippen molar-refractivity contribution < 1.29 is 9.21 Å². The number of fused-ring (bicyclic) bond motifs is 2. The quantitative estimate of drug-likeness (QED) is 0.281. The van der Waals surface area contributed by atoms with E-state index in [1.165, 1.54) is 5.56 Å². The van der Waals surface area contributed by atoms with Gasteiger partial charge in [0.25, 0.3) is 5.91 Å². The van der Waals surface area contributed by atoms with Gasteiger partial charge in [-0.3, -0.25) is 9.69 Å². The number of anilines is 1. The molecule has 5 aromatic rings. The van der Waals surface area contributed by atoms with Gasteiger partial charge in [-0.15, -0.1) is 0 Å². The Morgan fingerprint density at radius 3 is 2.60 bits per heavy atom. The summed E-state index contributed by atoms with van der Waals surface area (Å²) in [6.45, 7) is 5.66. The summed E-state index contributed by atoms with van der Waals surface area (Å²) < 4.78 is 7.78. The maximum atomic E-state index is 11.4. The van der Waals surface area contributed by atoms with Gasteiger partial charge in [0.2, 0.25) is 0 Å². The molecule has 0 aliphatic carbocycles. The van der Waals surface area contributed by atoms with E-state index >= 15 is 0 Å². The highest BCUT2D eigenvalue weighted by Gasteiger charge is 2.18. The van der Waals surface area contributed by atoms with Crippen LogP contribution in [0.25, 0.3) is 27.9 Å². The lowest BCUT2D eigenvalue weighted by Crippen LogP contribution is -2.46. The van der Waals surface area contributed by atoms with E-state index in [1.807, 2.05) is 30.3 Å². The third-order valence-electron chi connectivity index (χ3n) is 7.63. The molecule has 1 aliphatic heterocycles. The van der Waals surface area contributed by atoms with Crippen molar-refractivity contribution in [3.8, 4) is 6.07 Å². The van der Waals surface area contributed by atoms with Crippen molar-refractivity contribution in [3.05, 3.63) is 108 Å². The number of hydrogen-bond acceptors (Lipinski definition) is 5. The van der Waals surface area contributed by atoms with E-state index in [1.54, 1.807) is 6.07 Å². The normalized spacial score (nSPS) is 14.3. The van der Waals surface area contributed by atoms with E-state index < -0.39 is 5.91 Å². The highest BCUT2D eigenvalue weighted by molar-refractivity contribution is 5.95. The first-order chi connectivity index (χ1) is 19.6. The molecule has 200 valence electrons. The number of carbonyl (C=O) groups is 1. The Morgan fingerprint density at radius 1 is 1.00 bits per heavy atom. The average molecular weight is 530 g/mol. The van der Waals surface area contributed by atoms with Gasteiger partial charge in [0, 0.05) is 67.4 Å². The van der Waals surface area contributed by atoms with Gasteiger partial charge in [-0.25, -0.2) is 0 Å². The van der Waals surface area contributed by atoms with Crippen molar-refractivity contribution in [1.82, 2.24) is 9.47 Å². The number of primary amides is 1. The number of nitriles is 1. The molecule has 0 unspecified atom stereocenters. The summed E-state index contributed by atoms with van der Waals surface area (Å²) in [5, 5.41) is 11.4. The molecule has 0 radical (unpaired) electrons. The summed E-state index contributed by atoms with van der Waals surface area (Å²) in [5.74, 6) is -0.360. The summed E-state index contributed by atoms with van der Waals surface area (Å²) in [7, 11) is 0. The summed E-state index contributed by atoms with van der Waals surface area (Å²) in [4.78, 5) is 16.3. The first-order valence-electron chi connectivity index (χ1n) is 13.6. The molecule has 0 spiro atoms. The fourth-order valence-electron chi connectivity index (χ4n) is 5.48. The third-order valence-corrected chi connectivity index (χ3v) is 7.63. The SMILES string of the molecule is N#Cc1ccc2c(c1)c(C=CCCN1CCN(c3ccc4oc(C(N)=O)cc4c3)CC1)cn2Cc1ccccc1. The van der Waals surface area contributed by atoms with Crippen LogP contribution in [0.2, 0.25) is 0 Å².